The van der Waals surface area contributed by atoms with E-state index in [4.69, 9.17) is 0 Å². The van der Waals surface area contributed by atoms with Crippen LogP contribution in [0.2, 0.25) is 0 Å². The largest absolute Gasteiger partial charge is 0.0714 e. The van der Waals surface area contributed by atoms with Crippen LogP contribution in [0.25, 0.3) is 76.5 Å². The molecule has 0 fully saturated rings. The molecule has 10 aromatic carbocycles. The van der Waals surface area contributed by atoms with Crippen LogP contribution in [0.4, 0.5) is 0 Å². The first-order valence-electron chi connectivity index (χ1n) is 18.5. The Bertz CT molecular complexity index is 2990. The van der Waals surface area contributed by atoms with Gasteiger partial charge in [0.2, 0.25) is 0 Å². The van der Waals surface area contributed by atoms with Gasteiger partial charge < -0.3 is 0 Å². The number of benzene rings is 10. The van der Waals surface area contributed by atoms with E-state index in [1.807, 2.05) is 0 Å². The summed E-state index contributed by atoms with van der Waals surface area (Å²) in [5.41, 5.74) is 12.3. The van der Waals surface area contributed by atoms with E-state index in [0.29, 0.717) is 0 Å². The van der Waals surface area contributed by atoms with Crippen molar-refractivity contribution >= 4 is 43.1 Å². The lowest BCUT2D eigenvalue weighted by Gasteiger charge is -2.34. The molecule has 0 heterocycles. The van der Waals surface area contributed by atoms with E-state index in [1.165, 1.54) is 98.7 Å². The first-order valence-corrected chi connectivity index (χ1v) is 18.5. The highest BCUT2D eigenvalue weighted by Gasteiger charge is 2.47. The Morgan fingerprint density at radius 2 is 0.868 bits per heavy atom. The van der Waals surface area contributed by atoms with Crippen LogP contribution in [0.3, 0.4) is 0 Å². The van der Waals surface area contributed by atoms with Crippen molar-refractivity contribution in [2.45, 2.75) is 5.41 Å². The highest BCUT2D eigenvalue weighted by molar-refractivity contribution is 6.20. The lowest BCUT2D eigenvalue weighted by Crippen LogP contribution is -2.28. The van der Waals surface area contributed by atoms with Crippen molar-refractivity contribution in [3.8, 4) is 33.4 Å². The molecule has 0 spiro atoms. The molecule has 0 aromatic heterocycles. The predicted molar refractivity (Wildman–Crippen MR) is 225 cm³/mol. The Morgan fingerprint density at radius 3 is 1.62 bits per heavy atom. The molecule has 0 radical (unpaired) electrons. The van der Waals surface area contributed by atoms with Crippen molar-refractivity contribution in [2.24, 2.45) is 0 Å². The molecule has 0 atom stereocenters. The minimum absolute atomic E-state index is 0.521. The summed E-state index contributed by atoms with van der Waals surface area (Å²) in [5, 5.41) is 10.2. The van der Waals surface area contributed by atoms with Gasteiger partial charge in [-0.05, 0) is 111 Å². The van der Waals surface area contributed by atoms with Gasteiger partial charge in [-0.2, -0.15) is 0 Å². The summed E-state index contributed by atoms with van der Waals surface area (Å²) >= 11 is 0. The van der Waals surface area contributed by atoms with Gasteiger partial charge in [0.1, 0.15) is 0 Å². The average Bonchev–Trinajstić information content (AvgIpc) is 3.54. The number of rotatable bonds is 4. The van der Waals surface area contributed by atoms with Crippen LogP contribution in [-0.4, -0.2) is 0 Å². The summed E-state index contributed by atoms with van der Waals surface area (Å²) in [6.07, 6.45) is 0. The third-order valence-corrected chi connectivity index (χ3v) is 11.7. The molecule has 10 aromatic rings. The topological polar surface area (TPSA) is 0 Å². The molecule has 0 unspecified atom stereocenters. The van der Waals surface area contributed by atoms with Crippen LogP contribution >= 0.6 is 0 Å². The van der Waals surface area contributed by atoms with Crippen molar-refractivity contribution in [3.05, 3.63) is 229 Å². The van der Waals surface area contributed by atoms with Crippen LogP contribution in [0.5, 0.6) is 0 Å². The SMILES string of the molecule is c1ccc(-c2cccc3c4c(ccc23)C(c2ccccc2)(c2ccccc2)c2cc(-c3c5ccccc5cc5c3ccc3ccccc35)ccc2-4)cc1. The predicted octanol–water partition coefficient (Wildman–Crippen LogP) is 14.0. The fraction of sp³-hybridized carbons (Fsp3) is 0.0189. The van der Waals surface area contributed by atoms with Crippen LogP contribution in [0.1, 0.15) is 22.3 Å². The normalized spacial score (nSPS) is 13.1. The Kier molecular flexibility index (Phi) is 6.57. The molecule has 53 heavy (non-hydrogen) atoms. The lowest BCUT2D eigenvalue weighted by molar-refractivity contribution is 0.769. The Balaban J connectivity index is 1.28. The molecule has 0 N–H and O–H groups in total. The van der Waals surface area contributed by atoms with Gasteiger partial charge in [0.25, 0.3) is 0 Å². The number of hydrogen-bond acceptors (Lipinski definition) is 0. The first-order chi connectivity index (χ1) is 26.3. The summed E-state index contributed by atoms with van der Waals surface area (Å²) in [6, 6.07) is 76.7. The maximum absolute atomic E-state index is 2.53. The second kappa shape index (κ2) is 11.6. The standard InChI is InChI=1S/C53H34/c1-4-15-35(16-5-1)41-25-14-26-45-44(41)31-32-49-52(45)47-30-28-38(34-50(47)53(49,39-19-6-2-7-20-39)40-21-8-3-9-22-40)51-43-24-13-11-18-37(43)33-48-42-23-12-10-17-36(42)27-29-46(48)51/h1-34H. The summed E-state index contributed by atoms with van der Waals surface area (Å²) in [6.45, 7) is 0. The first kappa shape index (κ1) is 29.9. The minimum Gasteiger partial charge on any atom is -0.0622 e. The summed E-state index contributed by atoms with van der Waals surface area (Å²) < 4.78 is 0. The number of fused-ring (bicyclic) bond motifs is 9. The zero-order valence-corrected chi connectivity index (χ0v) is 29.1. The summed E-state index contributed by atoms with van der Waals surface area (Å²) in [7, 11) is 0. The van der Waals surface area contributed by atoms with Crippen LogP contribution in [0.15, 0.2) is 206 Å². The van der Waals surface area contributed by atoms with Gasteiger partial charge in [-0.15, -0.1) is 0 Å². The Hall–Kier alpha value is -6.76. The molecule has 0 bridgehead atoms. The van der Waals surface area contributed by atoms with E-state index in [9.17, 15) is 0 Å². The molecule has 0 saturated heterocycles. The number of hydrogen-bond donors (Lipinski definition) is 0. The zero-order valence-electron chi connectivity index (χ0n) is 29.1. The minimum atomic E-state index is -0.521. The molecular formula is C53H34. The van der Waals surface area contributed by atoms with E-state index in [-0.39, 0.29) is 0 Å². The van der Waals surface area contributed by atoms with Crippen LogP contribution < -0.4 is 0 Å². The summed E-state index contributed by atoms with van der Waals surface area (Å²) in [5.74, 6) is 0. The van der Waals surface area contributed by atoms with Crippen molar-refractivity contribution in [1.29, 1.82) is 0 Å². The zero-order chi connectivity index (χ0) is 34.9. The van der Waals surface area contributed by atoms with E-state index in [1.54, 1.807) is 0 Å². The molecule has 0 amide bonds. The van der Waals surface area contributed by atoms with E-state index < -0.39 is 5.41 Å². The summed E-state index contributed by atoms with van der Waals surface area (Å²) in [4.78, 5) is 0. The molecule has 0 nitrogen and oxygen atoms in total. The molecule has 0 saturated carbocycles. The van der Waals surface area contributed by atoms with Gasteiger partial charge in [0.05, 0.1) is 5.41 Å². The van der Waals surface area contributed by atoms with Gasteiger partial charge in [0, 0.05) is 0 Å². The maximum atomic E-state index is 2.53. The van der Waals surface area contributed by atoms with Crippen LogP contribution in [-0.2, 0) is 5.41 Å². The fourth-order valence-corrected chi connectivity index (χ4v) is 9.50. The second-order valence-corrected chi connectivity index (χ2v) is 14.4. The Morgan fingerprint density at radius 1 is 0.264 bits per heavy atom. The quantitative estimate of drug-likeness (QED) is 0.129. The highest BCUT2D eigenvalue weighted by atomic mass is 14.5. The maximum Gasteiger partial charge on any atom is 0.0714 e. The molecular weight excluding hydrogens is 637 g/mol. The highest BCUT2D eigenvalue weighted by Crippen LogP contribution is 2.59. The molecule has 0 aliphatic heterocycles. The van der Waals surface area contributed by atoms with Gasteiger partial charge in [0.15, 0.2) is 0 Å². The third-order valence-electron chi connectivity index (χ3n) is 11.7. The van der Waals surface area contributed by atoms with E-state index in [0.717, 1.165) is 0 Å². The fourth-order valence-electron chi connectivity index (χ4n) is 9.50. The second-order valence-electron chi connectivity index (χ2n) is 14.4. The Labute approximate surface area is 309 Å². The van der Waals surface area contributed by atoms with Gasteiger partial charge in [-0.3, -0.25) is 0 Å². The van der Waals surface area contributed by atoms with Crippen molar-refractivity contribution in [3.63, 3.8) is 0 Å². The third kappa shape index (κ3) is 4.30. The van der Waals surface area contributed by atoms with Crippen molar-refractivity contribution in [2.75, 3.05) is 0 Å². The van der Waals surface area contributed by atoms with Crippen LogP contribution in [0, 0.1) is 0 Å². The monoisotopic (exact) mass is 670 g/mol. The van der Waals surface area contributed by atoms with E-state index in [2.05, 4.69) is 206 Å². The van der Waals surface area contributed by atoms with Gasteiger partial charge in [-0.25, -0.2) is 0 Å². The molecule has 246 valence electrons. The van der Waals surface area contributed by atoms with Gasteiger partial charge >= 0.3 is 0 Å². The average molecular weight is 671 g/mol. The molecule has 11 rings (SSSR count). The smallest absolute Gasteiger partial charge is 0.0622 e. The van der Waals surface area contributed by atoms with Gasteiger partial charge in [-0.1, -0.05) is 194 Å². The van der Waals surface area contributed by atoms with Crippen molar-refractivity contribution in [1.82, 2.24) is 0 Å². The molecule has 0 heteroatoms. The lowest BCUT2D eigenvalue weighted by atomic mass is 9.67. The molecule has 1 aliphatic carbocycles. The van der Waals surface area contributed by atoms with Crippen molar-refractivity contribution < 1.29 is 0 Å². The molecule has 1 aliphatic rings. The van der Waals surface area contributed by atoms with E-state index >= 15 is 0 Å².